The van der Waals surface area contributed by atoms with Crippen LogP contribution in [0.1, 0.15) is 0 Å². The van der Waals surface area contributed by atoms with Gasteiger partial charge in [0.25, 0.3) is 0 Å². The summed E-state index contributed by atoms with van der Waals surface area (Å²) in [6.07, 6.45) is 1.97. The lowest BCUT2D eigenvalue weighted by Crippen LogP contribution is -1.99. The fourth-order valence-electron chi connectivity index (χ4n) is 2.01. The molecule has 0 saturated carbocycles. The molecule has 0 radical (unpaired) electrons. The minimum absolute atomic E-state index is 0.696. The summed E-state index contributed by atoms with van der Waals surface area (Å²) in [7, 11) is 0. The number of aromatic nitrogens is 3. The van der Waals surface area contributed by atoms with Gasteiger partial charge in [0, 0.05) is 21.3 Å². The number of halogens is 2. The zero-order valence-electron chi connectivity index (χ0n) is 11.1. The molecule has 0 fully saturated rings. The molecule has 3 rings (SSSR count). The largest absolute Gasteiger partial charge is 0.270 e. The molecule has 0 N–H and O–H groups in total. The molecule has 3 nitrogen and oxygen atoms in total. The molecule has 0 bridgehead atoms. The van der Waals surface area contributed by atoms with Crippen LogP contribution in [0.4, 0.5) is 0 Å². The lowest BCUT2D eigenvalue weighted by atomic mass is 10.2. The maximum absolute atomic E-state index is 5.96. The Balaban J connectivity index is 2.16. The number of benzene rings is 2. The highest BCUT2D eigenvalue weighted by molar-refractivity contribution is 7.98. The summed E-state index contributed by atoms with van der Waals surface area (Å²) >= 11 is 13.4. The van der Waals surface area contributed by atoms with E-state index in [0.29, 0.717) is 10.0 Å². The third-order valence-electron chi connectivity index (χ3n) is 3.00. The Kier molecular flexibility index (Phi) is 4.19. The fourth-order valence-corrected chi connectivity index (χ4v) is 2.76. The molecule has 2 aromatic carbocycles. The van der Waals surface area contributed by atoms with Crippen LogP contribution in [0.5, 0.6) is 0 Å². The van der Waals surface area contributed by atoms with Crippen molar-refractivity contribution in [1.29, 1.82) is 0 Å². The minimum atomic E-state index is 0.696. The molecule has 0 unspecified atom stereocenters. The Morgan fingerprint density at radius 1 is 0.857 bits per heavy atom. The molecule has 0 aliphatic heterocycles. The second-order valence-electron chi connectivity index (χ2n) is 4.33. The highest BCUT2D eigenvalue weighted by atomic mass is 35.5. The molecule has 0 atom stereocenters. The van der Waals surface area contributed by atoms with Crippen molar-refractivity contribution in [3.8, 4) is 17.1 Å². The zero-order valence-corrected chi connectivity index (χ0v) is 13.5. The average molecular weight is 336 g/mol. The number of hydrogen-bond donors (Lipinski definition) is 0. The molecule has 0 amide bonds. The van der Waals surface area contributed by atoms with Gasteiger partial charge in [0.2, 0.25) is 0 Å². The van der Waals surface area contributed by atoms with Gasteiger partial charge in [0.05, 0.1) is 0 Å². The van der Waals surface area contributed by atoms with Crippen LogP contribution < -0.4 is 0 Å². The van der Waals surface area contributed by atoms with Crippen molar-refractivity contribution in [2.45, 2.75) is 5.16 Å². The van der Waals surface area contributed by atoms with Gasteiger partial charge in [0.15, 0.2) is 11.0 Å². The first-order valence-corrected chi connectivity index (χ1v) is 8.18. The number of hydrogen-bond acceptors (Lipinski definition) is 3. The van der Waals surface area contributed by atoms with Crippen LogP contribution in [0.2, 0.25) is 10.0 Å². The Labute approximate surface area is 136 Å². The molecule has 0 saturated heterocycles. The van der Waals surface area contributed by atoms with Gasteiger partial charge in [-0.15, -0.1) is 10.2 Å². The van der Waals surface area contributed by atoms with Gasteiger partial charge < -0.3 is 0 Å². The smallest absolute Gasteiger partial charge is 0.195 e. The molecule has 0 spiro atoms. The second-order valence-corrected chi connectivity index (χ2v) is 5.98. The number of nitrogens with zero attached hydrogens (tertiary/aromatic N) is 3. The SMILES string of the molecule is CSc1nnc(-c2ccc(Cl)cc2)n1-c1ccc(Cl)cc1. The van der Waals surface area contributed by atoms with Crippen molar-refractivity contribution >= 4 is 35.0 Å². The maximum atomic E-state index is 5.96. The summed E-state index contributed by atoms with van der Waals surface area (Å²) in [5, 5.41) is 10.8. The molecule has 1 aromatic heterocycles. The number of thioether (sulfide) groups is 1. The van der Waals surface area contributed by atoms with Crippen molar-refractivity contribution in [2.24, 2.45) is 0 Å². The lowest BCUT2D eigenvalue weighted by Gasteiger charge is -2.09. The van der Waals surface area contributed by atoms with Gasteiger partial charge in [0.1, 0.15) is 0 Å². The van der Waals surface area contributed by atoms with Crippen molar-refractivity contribution in [3.05, 3.63) is 58.6 Å². The second kappa shape index (κ2) is 6.10. The predicted octanol–water partition coefficient (Wildman–Crippen LogP) is 4.96. The van der Waals surface area contributed by atoms with E-state index in [-0.39, 0.29) is 0 Å². The standard InChI is InChI=1S/C15H11Cl2N3S/c1-21-15-19-18-14(10-2-4-11(16)5-3-10)20(15)13-8-6-12(17)7-9-13/h2-9H,1H3. The minimum Gasteiger partial charge on any atom is -0.270 e. The van der Waals surface area contributed by atoms with E-state index in [2.05, 4.69) is 10.2 Å². The van der Waals surface area contributed by atoms with E-state index in [9.17, 15) is 0 Å². The van der Waals surface area contributed by atoms with E-state index in [0.717, 1.165) is 22.2 Å². The van der Waals surface area contributed by atoms with Gasteiger partial charge in [-0.1, -0.05) is 35.0 Å². The Morgan fingerprint density at radius 3 is 2.00 bits per heavy atom. The fraction of sp³-hybridized carbons (Fsp3) is 0.0667. The van der Waals surface area contributed by atoms with Crippen molar-refractivity contribution in [2.75, 3.05) is 6.26 Å². The van der Waals surface area contributed by atoms with E-state index in [1.165, 1.54) is 0 Å². The summed E-state index contributed by atoms with van der Waals surface area (Å²) in [5.74, 6) is 0.776. The van der Waals surface area contributed by atoms with Gasteiger partial charge in [-0.3, -0.25) is 4.57 Å². The third-order valence-corrected chi connectivity index (χ3v) is 4.14. The highest BCUT2D eigenvalue weighted by Gasteiger charge is 2.14. The van der Waals surface area contributed by atoms with Crippen molar-refractivity contribution in [1.82, 2.24) is 14.8 Å². The summed E-state index contributed by atoms with van der Waals surface area (Å²) < 4.78 is 2.00. The van der Waals surface area contributed by atoms with Crippen LogP contribution >= 0.6 is 35.0 Å². The first kappa shape index (κ1) is 14.4. The Bertz CT molecular complexity index is 752. The van der Waals surface area contributed by atoms with Crippen LogP contribution in [-0.4, -0.2) is 21.0 Å². The predicted molar refractivity (Wildman–Crippen MR) is 88.6 cm³/mol. The average Bonchev–Trinajstić information content (AvgIpc) is 2.93. The Morgan fingerprint density at radius 2 is 1.43 bits per heavy atom. The Hall–Kier alpha value is -1.49. The van der Waals surface area contributed by atoms with Gasteiger partial charge >= 0.3 is 0 Å². The first-order valence-electron chi connectivity index (χ1n) is 6.20. The van der Waals surface area contributed by atoms with Crippen LogP contribution in [0.3, 0.4) is 0 Å². The van der Waals surface area contributed by atoms with E-state index in [1.54, 1.807) is 11.8 Å². The molecule has 0 aliphatic carbocycles. The molecule has 3 aromatic rings. The summed E-state index contributed by atoms with van der Waals surface area (Å²) in [4.78, 5) is 0. The van der Waals surface area contributed by atoms with Gasteiger partial charge in [-0.25, -0.2) is 0 Å². The van der Waals surface area contributed by atoms with Gasteiger partial charge in [-0.2, -0.15) is 0 Å². The first-order chi connectivity index (χ1) is 10.2. The summed E-state index contributed by atoms with van der Waals surface area (Å²) in [5.41, 5.74) is 1.93. The quantitative estimate of drug-likeness (QED) is 0.633. The number of rotatable bonds is 3. The van der Waals surface area contributed by atoms with Crippen LogP contribution in [0, 0.1) is 0 Å². The van der Waals surface area contributed by atoms with E-state index >= 15 is 0 Å². The van der Waals surface area contributed by atoms with Crippen LogP contribution in [0.15, 0.2) is 53.7 Å². The molecule has 6 heteroatoms. The maximum Gasteiger partial charge on any atom is 0.195 e. The zero-order chi connectivity index (χ0) is 14.8. The van der Waals surface area contributed by atoms with Crippen LogP contribution in [-0.2, 0) is 0 Å². The summed E-state index contributed by atoms with van der Waals surface area (Å²) in [6.45, 7) is 0. The molecular weight excluding hydrogens is 325 g/mol. The highest BCUT2D eigenvalue weighted by Crippen LogP contribution is 2.28. The topological polar surface area (TPSA) is 30.7 Å². The van der Waals surface area contributed by atoms with Crippen molar-refractivity contribution in [3.63, 3.8) is 0 Å². The van der Waals surface area contributed by atoms with E-state index < -0.39 is 0 Å². The third kappa shape index (κ3) is 2.93. The summed E-state index contributed by atoms with van der Waals surface area (Å²) in [6, 6.07) is 15.2. The molecule has 0 aliphatic rings. The van der Waals surface area contributed by atoms with Gasteiger partial charge in [-0.05, 0) is 54.8 Å². The molecule has 106 valence electrons. The molecule has 21 heavy (non-hydrogen) atoms. The van der Waals surface area contributed by atoms with Crippen LogP contribution in [0.25, 0.3) is 17.1 Å². The van der Waals surface area contributed by atoms with Crippen molar-refractivity contribution < 1.29 is 0 Å². The van der Waals surface area contributed by atoms with E-state index in [4.69, 9.17) is 23.2 Å². The lowest BCUT2D eigenvalue weighted by molar-refractivity contribution is 0.889. The monoisotopic (exact) mass is 335 g/mol. The van der Waals surface area contributed by atoms with E-state index in [1.807, 2.05) is 59.4 Å². The molecule has 1 heterocycles. The molecular formula is C15H11Cl2N3S. The normalized spacial score (nSPS) is 10.8.